The summed E-state index contributed by atoms with van der Waals surface area (Å²) in [5, 5.41) is 4.20. The molecule has 1 aromatic carbocycles. The second kappa shape index (κ2) is 4.41. The molecule has 0 radical (unpaired) electrons. The third-order valence-electron chi connectivity index (χ3n) is 2.60. The van der Waals surface area contributed by atoms with Crippen molar-refractivity contribution in [3.05, 3.63) is 36.0 Å². The fraction of sp³-hybridized carbons (Fsp3) is 0.231. The number of methoxy groups -OCH3 is 1. The molecule has 1 aromatic heterocycles. The predicted octanol–water partition coefficient (Wildman–Crippen LogP) is 2.30. The highest BCUT2D eigenvalue weighted by molar-refractivity contribution is 6.00. The lowest BCUT2D eigenvalue weighted by molar-refractivity contribution is 0.100. The van der Waals surface area contributed by atoms with E-state index in [1.54, 1.807) is 18.8 Å². The summed E-state index contributed by atoms with van der Waals surface area (Å²) in [7, 11) is 3.30. The van der Waals surface area contributed by atoms with Crippen molar-refractivity contribution in [3.8, 4) is 17.0 Å². The first-order chi connectivity index (χ1) is 8.15. The van der Waals surface area contributed by atoms with Crippen LogP contribution in [0, 0.1) is 0 Å². The molecule has 0 saturated carbocycles. The summed E-state index contributed by atoms with van der Waals surface area (Å²) >= 11 is 0. The Morgan fingerprint density at radius 2 is 1.94 bits per heavy atom. The van der Waals surface area contributed by atoms with Crippen molar-refractivity contribution in [2.45, 2.75) is 6.92 Å². The van der Waals surface area contributed by atoms with Crippen LogP contribution in [-0.2, 0) is 7.05 Å². The van der Waals surface area contributed by atoms with Crippen LogP contribution in [-0.4, -0.2) is 22.7 Å². The number of ether oxygens (including phenoxy) is 1. The van der Waals surface area contributed by atoms with E-state index in [0.29, 0.717) is 11.6 Å². The Balaban J connectivity index is 2.70. The average molecular weight is 230 g/mol. The van der Waals surface area contributed by atoms with Gasteiger partial charge in [-0.3, -0.25) is 9.48 Å². The van der Waals surface area contributed by atoms with Crippen molar-refractivity contribution >= 4 is 5.78 Å². The highest BCUT2D eigenvalue weighted by Gasteiger charge is 2.21. The second-order valence-electron chi connectivity index (χ2n) is 3.78. The summed E-state index contributed by atoms with van der Waals surface area (Å²) in [5.41, 5.74) is 2.25. The third-order valence-corrected chi connectivity index (χ3v) is 2.60. The number of rotatable bonds is 3. The van der Waals surface area contributed by atoms with Crippen LogP contribution in [0.1, 0.15) is 17.4 Å². The molecule has 0 aliphatic carbocycles. The third kappa shape index (κ3) is 1.93. The molecule has 0 aliphatic rings. The van der Waals surface area contributed by atoms with E-state index in [-0.39, 0.29) is 5.78 Å². The fourth-order valence-corrected chi connectivity index (χ4v) is 1.91. The van der Waals surface area contributed by atoms with Gasteiger partial charge < -0.3 is 4.74 Å². The van der Waals surface area contributed by atoms with E-state index >= 15 is 0 Å². The summed E-state index contributed by atoms with van der Waals surface area (Å²) < 4.78 is 6.79. The van der Waals surface area contributed by atoms with Gasteiger partial charge in [0, 0.05) is 14.0 Å². The second-order valence-corrected chi connectivity index (χ2v) is 3.78. The quantitative estimate of drug-likeness (QED) is 0.760. The monoisotopic (exact) mass is 230 g/mol. The first kappa shape index (κ1) is 11.4. The van der Waals surface area contributed by atoms with E-state index in [1.165, 1.54) is 6.92 Å². The fourth-order valence-electron chi connectivity index (χ4n) is 1.91. The molecule has 0 unspecified atom stereocenters. The van der Waals surface area contributed by atoms with Crippen molar-refractivity contribution < 1.29 is 9.53 Å². The van der Waals surface area contributed by atoms with E-state index in [1.807, 2.05) is 30.3 Å². The Hall–Kier alpha value is -2.10. The Morgan fingerprint density at radius 3 is 2.47 bits per heavy atom. The SMILES string of the molecule is COc1nn(C)c(C(C)=O)c1-c1ccccc1. The number of aryl methyl sites for hydroxylation is 1. The molecule has 88 valence electrons. The molecular weight excluding hydrogens is 216 g/mol. The lowest BCUT2D eigenvalue weighted by atomic mass is 10.0. The van der Waals surface area contributed by atoms with Crippen LogP contribution in [0.15, 0.2) is 30.3 Å². The molecule has 0 N–H and O–H groups in total. The van der Waals surface area contributed by atoms with Gasteiger partial charge >= 0.3 is 0 Å². The molecular formula is C13H14N2O2. The van der Waals surface area contributed by atoms with E-state index in [2.05, 4.69) is 5.10 Å². The predicted molar refractivity (Wildman–Crippen MR) is 65.2 cm³/mol. The normalized spacial score (nSPS) is 10.3. The number of benzene rings is 1. The largest absolute Gasteiger partial charge is 0.479 e. The number of ketones is 1. The van der Waals surface area contributed by atoms with Gasteiger partial charge in [0.1, 0.15) is 5.69 Å². The van der Waals surface area contributed by atoms with Crippen LogP contribution in [0.3, 0.4) is 0 Å². The highest BCUT2D eigenvalue weighted by Crippen LogP contribution is 2.32. The van der Waals surface area contributed by atoms with Gasteiger partial charge in [0.05, 0.1) is 12.7 Å². The van der Waals surface area contributed by atoms with Gasteiger partial charge in [0.15, 0.2) is 5.78 Å². The molecule has 0 fully saturated rings. The van der Waals surface area contributed by atoms with E-state index in [9.17, 15) is 4.79 Å². The zero-order chi connectivity index (χ0) is 12.4. The first-order valence-corrected chi connectivity index (χ1v) is 5.32. The van der Waals surface area contributed by atoms with E-state index in [4.69, 9.17) is 4.74 Å². The summed E-state index contributed by atoms with van der Waals surface area (Å²) in [6, 6.07) is 9.65. The maximum absolute atomic E-state index is 11.7. The van der Waals surface area contributed by atoms with Gasteiger partial charge in [0.2, 0.25) is 5.88 Å². The van der Waals surface area contributed by atoms with Crippen LogP contribution in [0.4, 0.5) is 0 Å². The molecule has 0 bridgehead atoms. The van der Waals surface area contributed by atoms with Crippen molar-refractivity contribution in [2.75, 3.05) is 7.11 Å². The Morgan fingerprint density at radius 1 is 1.29 bits per heavy atom. The number of carbonyl (C=O) groups is 1. The lowest BCUT2D eigenvalue weighted by Gasteiger charge is -2.03. The first-order valence-electron chi connectivity index (χ1n) is 5.32. The average Bonchev–Trinajstić information content (AvgIpc) is 2.67. The summed E-state index contributed by atoms with van der Waals surface area (Å²) in [4.78, 5) is 11.7. The molecule has 2 rings (SSSR count). The van der Waals surface area contributed by atoms with Gasteiger partial charge in [-0.25, -0.2) is 0 Å². The molecule has 4 heteroatoms. The summed E-state index contributed by atoms with van der Waals surface area (Å²) in [6.07, 6.45) is 0. The Kier molecular flexibility index (Phi) is 2.95. The number of carbonyl (C=O) groups excluding carboxylic acids is 1. The zero-order valence-electron chi connectivity index (χ0n) is 10.1. The molecule has 2 aromatic rings. The van der Waals surface area contributed by atoms with Crippen molar-refractivity contribution in [1.82, 2.24) is 9.78 Å². The van der Waals surface area contributed by atoms with Crippen LogP contribution < -0.4 is 4.74 Å². The van der Waals surface area contributed by atoms with Crippen molar-refractivity contribution in [2.24, 2.45) is 7.05 Å². The Bertz CT molecular complexity index is 544. The number of Topliss-reactive ketones (excluding diaryl/α,β-unsaturated/α-hetero) is 1. The van der Waals surface area contributed by atoms with Gasteiger partial charge in [0.25, 0.3) is 0 Å². The van der Waals surface area contributed by atoms with Crippen LogP contribution in [0.5, 0.6) is 5.88 Å². The van der Waals surface area contributed by atoms with Crippen molar-refractivity contribution in [1.29, 1.82) is 0 Å². The van der Waals surface area contributed by atoms with Gasteiger partial charge in [-0.1, -0.05) is 30.3 Å². The van der Waals surface area contributed by atoms with E-state index in [0.717, 1.165) is 11.1 Å². The van der Waals surface area contributed by atoms with Gasteiger partial charge in [-0.05, 0) is 5.56 Å². The maximum Gasteiger partial charge on any atom is 0.241 e. The Labute approximate surface area is 99.8 Å². The number of aromatic nitrogens is 2. The molecule has 1 heterocycles. The molecule has 17 heavy (non-hydrogen) atoms. The maximum atomic E-state index is 11.7. The van der Waals surface area contributed by atoms with Gasteiger partial charge in [-0.15, -0.1) is 5.10 Å². The number of hydrogen-bond donors (Lipinski definition) is 0. The number of nitrogens with zero attached hydrogens (tertiary/aromatic N) is 2. The minimum absolute atomic E-state index is 0.0258. The van der Waals surface area contributed by atoms with E-state index < -0.39 is 0 Å². The number of hydrogen-bond acceptors (Lipinski definition) is 3. The summed E-state index contributed by atoms with van der Waals surface area (Å²) in [6.45, 7) is 1.53. The highest BCUT2D eigenvalue weighted by atomic mass is 16.5. The topological polar surface area (TPSA) is 44.1 Å². The molecule has 0 atom stereocenters. The molecule has 0 spiro atoms. The molecule has 0 amide bonds. The van der Waals surface area contributed by atoms with Crippen molar-refractivity contribution in [3.63, 3.8) is 0 Å². The van der Waals surface area contributed by atoms with Crippen LogP contribution >= 0.6 is 0 Å². The van der Waals surface area contributed by atoms with Crippen LogP contribution in [0.25, 0.3) is 11.1 Å². The van der Waals surface area contributed by atoms with Crippen LogP contribution in [0.2, 0.25) is 0 Å². The minimum atomic E-state index is -0.0258. The molecule has 4 nitrogen and oxygen atoms in total. The summed E-state index contributed by atoms with van der Waals surface area (Å²) in [5.74, 6) is 0.450. The lowest BCUT2D eigenvalue weighted by Crippen LogP contribution is -2.04. The smallest absolute Gasteiger partial charge is 0.241 e. The minimum Gasteiger partial charge on any atom is -0.479 e. The zero-order valence-corrected chi connectivity index (χ0v) is 10.1. The standard InChI is InChI=1S/C13H14N2O2/c1-9(16)12-11(10-7-5-4-6-8-10)13(17-3)14-15(12)2/h4-8H,1-3H3. The molecule has 0 aliphatic heterocycles. The van der Waals surface area contributed by atoms with Gasteiger partial charge in [-0.2, -0.15) is 0 Å². The molecule has 0 saturated heterocycles.